The van der Waals surface area contributed by atoms with E-state index in [-0.39, 0.29) is 12.1 Å². The third-order valence-electron chi connectivity index (χ3n) is 4.11. The van der Waals surface area contributed by atoms with Crippen LogP contribution in [-0.4, -0.2) is 34.3 Å². The number of nitrogens with one attached hydrogen (secondary N) is 1. The quantitative estimate of drug-likeness (QED) is 0.653. The van der Waals surface area contributed by atoms with Gasteiger partial charge in [0.05, 0.1) is 6.54 Å². The Morgan fingerprint density at radius 3 is 2.48 bits per heavy atom. The molecule has 0 saturated heterocycles. The molecule has 2 aromatic carbocycles. The molecule has 7 heteroatoms. The van der Waals surface area contributed by atoms with Crippen LogP contribution in [0.1, 0.15) is 21.5 Å². The summed E-state index contributed by atoms with van der Waals surface area (Å²) in [4.78, 5) is 30.4. The number of aromatic nitrogens is 1. The van der Waals surface area contributed by atoms with E-state index < -0.39 is 11.3 Å². The first-order valence-electron chi connectivity index (χ1n) is 8.36. The first kappa shape index (κ1) is 19.4. The summed E-state index contributed by atoms with van der Waals surface area (Å²) in [5.74, 6) is -0.558. The highest BCUT2D eigenvalue weighted by atomic mass is 35.5. The average Bonchev–Trinajstić information content (AvgIpc) is 2.61. The van der Waals surface area contributed by atoms with E-state index in [2.05, 4.69) is 9.88 Å². The van der Waals surface area contributed by atoms with E-state index in [1.165, 1.54) is 12.3 Å². The van der Waals surface area contributed by atoms with Gasteiger partial charge in [0, 0.05) is 40.4 Å². The summed E-state index contributed by atoms with van der Waals surface area (Å²) >= 11 is 12.2. The fourth-order valence-corrected chi connectivity index (χ4v) is 3.31. The van der Waals surface area contributed by atoms with Crippen LogP contribution in [0, 0.1) is 0 Å². The molecule has 0 saturated carbocycles. The van der Waals surface area contributed by atoms with Crippen molar-refractivity contribution in [1.29, 1.82) is 0 Å². The molecule has 140 valence electrons. The zero-order valence-electron chi connectivity index (χ0n) is 15.0. The summed E-state index contributed by atoms with van der Waals surface area (Å²) in [5.41, 5.74) is 2.19. The van der Waals surface area contributed by atoms with Crippen molar-refractivity contribution in [2.75, 3.05) is 14.1 Å². The van der Waals surface area contributed by atoms with Crippen LogP contribution in [0.15, 0.2) is 53.5 Å². The largest absolute Gasteiger partial charge is 0.360 e. The van der Waals surface area contributed by atoms with Crippen LogP contribution in [0.3, 0.4) is 0 Å². The molecule has 0 unspecified atom stereocenters. The van der Waals surface area contributed by atoms with Crippen molar-refractivity contribution in [2.24, 2.45) is 0 Å². The Kier molecular flexibility index (Phi) is 5.85. The lowest BCUT2D eigenvalue weighted by Gasteiger charge is -2.15. The van der Waals surface area contributed by atoms with Gasteiger partial charge in [-0.25, -0.2) is 4.42 Å². The van der Waals surface area contributed by atoms with Gasteiger partial charge in [-0.15, -0.1) is 0 Å². The number of benzene rings is 2. The van der Waals surface area contributed by atoms with Crippen molar-refractivity contribution in [3.8, 4) is 0 Å². The number of hydrogen-bond donors (Lipinski definition) is 1. The molecule has 0 atom stereocenters. The second kappa shape index (κ2) is 8.13. The normalized spacial score (nSPS) is 11.1. The number of amides is 1. The number of hydrogen-bond acceptors (Lipinski definition) is 3. The molecule has 0 radical (unpaired) electrons. The number of rotatable bonds is 5. The van der Waals surface area contributed by atoms with Gasteiger partial charge in [-0.05, 0) is 43.4 Å². The molecule has 0 fully saturated rings. The first-order valence-corrected chi connectivity index (χ1v) is 9.08. The van der Waals surface area contributed by atoms with Crippen molar-refractivity contribution >= 4 is 40.2 Å². The standard InChI is InChI=1S/C20H19Cl2N3O2/c1-24(2)11-13-4-3-5-14(8-13)12-25(22)20(27)17-10-23-18-7-6-15(21)9-16(18)19(17)26/h3-10H,11-12H2,1-2H3,(H,23,26). The molecule has 27 heavy (non-hydrogen) atoms. The van der Waals surface area contributed by atoms with Gasteiger partial charge in [0.2, 0.25) is 5.43 Å². The molecule has 3 rings (SSSR count). The van der Waals surface area contributed by atoms with Gasteiger partial charge in [-0.1, -0.05) is 35.9 Å². The number of aromatic amines is 1. The number of pyridine rings is 1. The predicted molar refractivity (Wildman–Crippen MR) is 109 cm³/mol. The second-order valence-corrected chi connectivity index (χ2v) is 7.45. The molecule has 3 aromatic rings. The second-order valence-electron chi connectivity index (χ2n) is 6.60. The van der Waals surface area contributed by atoms with Gasteiger partial charge >= 0.3 is 0 Å². The van der Waals surface area contributed by atoms with Gasteiger partial charge < -0.3 is 9.88 Å². The summed E-state index contributed by atoms with van der Waals surface area (Å²) in [6.07, 6.45) is 1.39. The molecule has 1 heterocycles. The van der Waals surface area contributed by atoms with Crippen LogP contribution < -0.4 is 5.43 Å². The Balaban J connectivity index is 1.85. The molecule has 1 amide bonds. The van der Waals surface area contributed by atoms with Gasteiger partial charge in [-0.2, -0.15) is 0 Å². The average molecular weight is 404 g/mol. The van der Waals surface area contributed by atoms with Crippen LogP contribution in [0.5, 0.6) is 0 Å². The Bertz CT molecular complexity index is 1050. The van der Waals surface area contributed by atoms with Crippen molar-refractivity contribution in [2.45, 2.75) is 13.1 Å². The molecule has 0 bridgehead atoms. The number of halogens is 2. The summed E-state index contributed by atoms with van der Waals surface area (Å²) in [6.45, 7) is 0.976. The predicted octanol–water partition coefficient (Wildman–Crippen LogP) is 4.04. The van der Waals surface area contributed by atoms with Crippen molar-refractivity contribution in [3.05, 3.63) is 80.6 Å². The fourth-order valence-electron chi connectivity index (χ4n) is 2.90. The summed E-state index contributed by atoms with van der Waals surface area (Å²) in [6, 6.07) is 12.7. The Hall–Kier alpha value is -2.34. The van der Waals surface area contributed by atoms with Crippen molar-refractivity contribution < 1.29 is 4.79 Å². The zero-order valence-corrected chi connectivity index (χ0v) is 16.5. The van der Waals surface area contributed by atoms with Crippen molar-refractivity contribution in [3.63, 3.8) is 0 Å². The molecular weight excluding hydrogens is 385 g/mol. The number of fused-ring (bicyclic) bond motifs is 1. The van der Waals surface area contributed by atoms with E-state index in [0.717, 1.165) is 22.1 Å². The van der Waals surface area contributed by atoms with Crippen LogP contribution in [-0.2, 0) is 13.1 Å². The smallest absolute Gasteiger partial charge is 0.274 e. The SMILES string of the molecule is CN(C)Cc1cccc(CN(Cl)C(=O)c2c[nH]c3ccc(Cl)cc3c2=O)c1. The highest BCUT2D eigenvalue weighted by molar-refractivity contribution is 6.31. The summed E-state index contributed by atoms with van der Waals surface area (Å²) < 4.78 is 1.02. The Morgan fingerprint density at radius 2 is 1.78 bits per heavy atom. The minimum atomic E-state index is -0.558. The topological polar surface area (TPSA) is 56.4 Å². The first-order chi connectivity index (χ1) is 12.8. The molecule has 5 nitrogen and oxygen atoms in total. The minimum Gasteiger partial charge on any atom is -0.360 e. The monoisotopic (exact) mass is 403 g/mol. The minimum absolute atomic E-state index is 0.0239. The van der Waals surface area contributed by atoms with Gasteiger partial charge in [-0.3, -0.25) is 9.59 Å². The molecule has 0 aliphatic heterocycles. The van der Waals surface area contributed by atoms with E-state index in [1.54, 1.807) is 12.1 Å². The molecule has 1 N–H and O–H groups in total. The van der Waals surface area contributed by atoms with Gasteiger partial charge in [0.15, 0.2) is 0 Å². The van der Waals surface area contributed by atoms with Crippen LogP contribution in [0.2, 0.25) is 5.02 Å². The lowest BCUT2D eigenvalue weighted by atomic mass is 10.1. The highest BCUT2D eigenvalue weighted by Gasteiger charge is 2.19. The fraction of sp³-hybridized carbons (Fsp3) is 0.200. The Morgan fingerprint density at radius 1 is 1.07 bits per heavy atom. The summed E-state index contributed by atoms with van der Waals surface area (Å²) in [5, 5.41) is 0.782. The van der Waals surface area contributed by atoms with Crippen LogP contribution >= 0.6 is 23.4 Å². The van der Waals surface area contributed by atoms with Crippen LogP contribution in [0.25, 0.3) is 10.9 Å². The van der Waals surface area contributed by atoms with E-state index in [0.29, 0.717) is 15.9 Å². The third kappa shape index (κ3) is 4.50. The van der Waals surface area contributed by atoms with Crippen molar-refractivity contribution in [1.82, 2.24) is 14.3 Å². The number of carbonyl (C=O) groups is 1. The van der Waals surface area contributed by atoms with Gasteiger partial charge in [0.25, 0.3) is 5.91 Å². The number of nitrogens with zero attached hydrogens (tertiary/aromatic N) is 2. The van der Waals surface area contributed by atoms with Gasteiger partial charge in [0.1, 0.15) is 5.56 Å². The highest BCUT2D eigenvalue weighted by Crippen LogP contribution is 2.17. The number of carbonyl (C=O) groups excluding carboxylic acids is 1. The number of H-pyrrole nitrogens is 1. The van der Waals surface area contributed by atoms with E-state index >= 15 is 0 Å². The Labute approximate surface area is 167 Å². The van der Waals surface area contributed by atoms with E-state index in [4.69, 9.17) is 23.4 Å². The maximum atomic E-state index is 12.7. The molecule has 0 spiro atoms. The maximum Gasteiger partial charge on any atom is 0.274 e. The third-order valence-corrected chi connectivity index (χ3v) is 4.61. The molecule has 1 aromatic heterocycles. The van der Waals surface area contributed by atoms with E-state index in [1.807, 2.05) is 38.4 Å². The van der Waals surface area contributed by atoms with E-state index in [9.17, 15) is 9.59 Å². The lowest BCUT2D eigenvalue weighted by Crippen LogP contribution is -2.27. The van der Waals surface area contributed by atoms with Crippen LogP contribution in [0.4, 0.5) is 0 Å². The molecule has 0 aliphatic carbocycles. The zero-order chi connectivity index (χ0) is 19.6. The molecule has 0 aliphatic rings. The summed E-state index contributed by atoms with van der Waals surface area (Å²) in [7, 11) is 3.98. The molecular formula is C20H19Cl2N3O2. The lowest BCUT2D eigenvalue weighted by molar-refractivity contribution is 0.0856. The maximum absolute atomic E-state index is 12.7.